The van der Waals surface area contributed by atoms with Crippen LogP contribution in [-0.4, -0.2) is 34.1 Å². The Morgan fingerprint density at radius 3 is 2.85 bits per heavy atom. The summed E-state index contributed by atoms with van der Waals surface area (Å²) in [6.45, 7) is 4.66. The van der Waals surface area contributed by atoms with E-state index < -0.39 is 11.6 Å². The number of para-hydroxylation sites is 1. The number of benzene rings is 1. The second-order valence-electron chi connectivity index (χ2n) is 6.13. The van der Waals surface area contributed by atoms with Crippen LogP contribution >= 0.6 is 15.9 Å². The summed E-state index contributed by atoms with van der Waals surface area (Å²) in [6, 6.07) is 5.64. The average Bonchev–Trinajstić information content (AvgIpc) is 2.79. The Hall–Kier alpha value is -1.07. The summed E-state index contributed by atoms with van der Waals surface area (Å²) in [5.74, 6) is 0.137. The number of carbonyl (C=O) groups excluding carboxylic acids is 1. The zero-order valence-corrected chi connectivity index (χ0v) is 13.3. The van der Waals surface area contributed by atoms with Gasteiger partial charge in [-0.2, -0.15) is 0 Å². The molecule has 2 aliphatic rings. The Morgan fingerprint density at radius 2 is 2.20 bits per heavy atom. The van der Waals surface area contributed by atoms with Crippen molar-refractivity contribution in [2.24, 2.45) is 0 Å². The van der Waals surface area contributed by atoms with Gasteiger partial charge in [0.25, 0.3) is 0 Å². The first-order valence-corrected chi connectivity index (χ1v) is 7.75. The van der Waals surface area contributed by atoms with E-state index in [0.29, 0.717) is 6.42 Å². The lowest BCUT2D eigenvalue weighted by Gasteiger charge is -2.46. The van der Waals surface area contributed by atoms with Crippen LogP contribution in [-0.2, 0) is 4.79 Å². The first kappa shape index (κ1) is 13.9. The van der Waals surface area contributed by atoms with E-state index in [1.165, 1.54) is 0 Å². The van der Waals surface area contributed by atoms with Gasteiger partial charge in [-0.05, 0) is 42.3 Å². The number of aliphatic hydroxyl groups excluding tert-OH is 1. The smallest absolute Gasteiger partial charge is 0.223 e. The van der Waals surface area contributed by atoms with Gasteiger partial charge in [0.05, 0.1) is 17.3 Å². The summed E-state index contributed by atoms with van der Waals surface area (Å²) in [5.41, 5.74) is 1.48. The van der Waals surface area contributed by atoms with Gasteiger partial charge in [-0.3, -0.25) is 4.79 Å². The second kappa shape index (κ2) is 4.74. The van der Waals surface area contributed by atoms with E-state index in [2.05, 4.69) is 21.2 Å². The van der Waals surface area contributed by atoms with Crippen LogP contribution in [0.4, 0.5) is 5.69 Å². The largest absolute Gasteiger partial charge is 0.388 e. The number of aliphatic hydroxyl groups is 1. The number of halogens is 1. The minimum Gasteiger partial charge on any atom is -0.388 e. The maximum Gasteiger partial charge on any atom is 0.223 e. The molecule has 1 fully saturated rings. The zero-order chi connectivity index (χ0) is 14.5. The molecule has 2 unspecified atom stereocenters. The van der Waals surface area contributed by atoms with Gasteiger partial charge < -0.3 is 15.3 Å². The lowest BCUT2D eigenvalue weighted by molar-refractivity contribution is -0.133. The predicted octanol–water partition coefficient (Wildman–Crippen LogP) is 2.68. The maximum absolute atomic E-state index is 12.1. The molecule has 2 aliphatic heterocycles. The van der Waals surface area contributed by atoms with Crippen LogP contribution in [0.25, 0.3) is 0 Å². The molecule has 108 valence electrons. The third-order valence-electron chi connectivity index (χ3n) is 4.30. The van der Waals surface area contributed by atoms with Gasteiger partial charge in [0, 0.05) is 23.0 Å². The Balaban J connectivity index is 2.12. The Kier molecular flexibility index (Phi) is 3.29. The molecule has 2 N–H and O–H groups in total. The molecular weight excluding hydrogens is 320 g/mol. The van der Waals surface area contributed by atoms with Crippen LogP contribution in [0.3, 0.4) is 0 Å². The molecule has 20 heavy (non-hydrogen) atoms. The number of nitrogens with zero attached hydrogens (tertiary/aromatic N) is 1. The van der Waals surface area contributed by atoms with Crippen LogP contribution in [0.5, 0.6) is 0 Å². The lowest BCUT2D eigenvalue weighted by Crippen LogP contribution is -2.55. The molecule has 1 aromatic carbocycles. The monoisotopic (exact) mass is 338 g/mol. The van der Waals surface area contributed by atoms with Crippen molar-refractivity contribution in [3.05, 3.63) is 28.2 Å². The van der Waals surface area contributed by atoms with Crippen LogP contribution in [0.1, 0.15) is 38.3 Å². The standard InChI is InChI=1S/C15H19BrN2O2/c1-15(2)14(20)13(18-8-4-7-11(18)19)9-5-3-6-10(16)12(9)17-15/h3,5-6,13-14,17,20H,4,7-8H2,1-2H3. The molecule has 0 aliphatic carbocycles. The molecule has 5 heteroatoms. The van der Waals surface area contributed by atoms with Crippen molar-refractivity contribution in [3.63, 3.8) is 0 Å². The van der Waals surface area contributed by atoms with Crippen molar-refractivity contribution in [1.82, 2.24) is 4.90 Å². The van der Waals surface area contributed by atoms with Crippen molar-refractivity contribution in [3.8, 4) is 0 Å². The minimum absolute atomic E-state index is 0.137. The second-order valence-corrected chi connectivity index (χ2v) is 6.99. The lowest BCUT2D eigenvalue weighted by atomic mass is 9.82. The van der Waals surface area contributed by atoms with Crippen LogP contribution in [0.15, 0.2) is 22.7 Å². The van der Waals surface area contributed by atoms with E-state index in [9.17, 15) is 9.90 Å². The highest BCUT2D eigenvalue weighted by Crippen LogP contribution is 2.45. The number of rotatable bonds is 1. The van der Waals surface area contributed by atoms with Gasteiger partial charge in [0.2, 0.25) is 5.91 Å². The van der Waals surface area contributed by atoms with Gasteiger partial charge in [0.15, 0.2) is 0 Å². The Morgan fingerprint density at radius 1 is 1.45 bits per heavy atom. The van der Waals surface area contributed by atoms with E-state index in [1.807, 2.05) is 36.9 Å². The minimum atomic E-state index is -0.633. The fraction of sp³-hybridized carbons (Fsp3) is 0.533. The Labute approximate surface area is 127 Å². The van der Waals surface area contributed by atoms with Crippen molar-refractivity contribution < 1.29 is 9.90 Å². The molecule has 2 heterocycles. The van der Waals surface area contributed by atoms with E-state index in [1.54, 1.807) is 0 Å². The molecule has 3 rings (SSSR count). The van der Waals surface area contributed by atoms with Gasteiger partial charge in [-0.25, -0.2) is 0 Å². The summed E-state index contributed by atoms with van der Waals surface area (Å²) < 4.78 is 0.964. The molecule has 1 amide bonds. The molecule has 0 aromatic heterocycles. The summed E-state index contributed by atoms with van der Waals surface area (Å²) in [6.07, 6.45) is 0.825. The average molecular weight is 339 g/mol. The molecule has 1 saturated heterocycles. The van der Waals surface area contributed by atoms with E-state index in [0.717, 1.165) is 28.7 Å². The fourth-order valence-electron chi connectivity index (χ4n) is 3.18. The third kappa shape index (κ3) is 2.04. The fourth-order valence-corrected chi connectivity index (χ4v) is 3.66. The van der Waals surface area contributed by atoms with Crippen LogP contribution in [0, 0.1) is 0 Å². The number of hydrogen-bond acceptors (Lipinski definition) is 3. The molecule has 0 bridgehead atoms. The van der Waals surface area contributed by atoms with E-state index >= 15 is 0 Å². The van der Waals surface area contributed by atoms with Gasteiger partial charge >= 0.3 is 0 Å². The number of likely N-dealkylation sites (tertiary alicyclic amines) is 1. The highest BCUT2D eigenvalue weighted by Gasteiger charge is 2.46. The third-order valence-corrected chi connectivity index (χ3v) is 4.96. The highest BCUT2D eigenvalue weighted by atomic mass is 79.9. The number of carbonyl (C=O) groups is 1. The predicted molar refractivity (Wildman–Crippen MR) is 81.5 cm³/mol. The molecule has 2 atom stereocenters. The highest BCUT2D eigenvalue weighted by molar-refractivity contribution is 9.10. The molecule has 0 radical (unpaired) electrons. The van der Waals surface area contributed by atoms with Crippen molar-refractivity contribution >= 4 is 27.5 Å². The Bertz CT molecular complexity index is 559. The zero-order valence-electron chi connectivity index (χ0n) is 11.7. The number of fused-ring (bicyclic) bond motifs is 1. The first-order valence-electron chi connectivity index (χ1n) is 6.96. The molecule has 0 saturated carbocycles. The summed E-state index contributed by atoms with van der Waals surface area (Å²) in [7, 11) is 0. The van der Waals surface area contributed by atoms with E-state index in [4.69, 9.17) is 0 Å². The van der Waals surface area contributed by atoms with Gasteiger partial charge in [-0.1, -0.05) is 12.1 Å². The number of nitrogens with one attached hydrogen (secondary N) is 1. The number of hydrogen-bond donors (Lipinski definition) is 2. The molecule has 0 spiro atoms. The van der Waals surface area contributed by atoms with Crippen molar-refractivity contribution in [2.45, 2.75) is 44.4 Å². The first-order chi connectivity index (χ1) is 9.42. The van der Waals surface area contributed by atoms with E-state index in [-0.39, 0.29) is 11.9 Å². The summed E-state index contributed by atoms with van der Waals surface area (Å²) >= 11 is 3.56. The molecular formula is C15H19BrN2O2. The number of amides is 1. The maximum atomic E-state index is 12.1. The summed E-state index contributed by atoms with van der Waals surface area (Å²) in [5, 5.41) is 14.1. The van der Waals surface area contributed by atoms with Crippen molar-refractivity contribution in [1.29, 1.82) is 0 Å². The summed E-state index contributed by atoms with van der Waals surface area (Å²) in [4.78, 5) is 13.9. The van der Waals surface area contributed by atoms with Crippen LogP contribution in [0.2, 0.25) is 0 Å². The molecule has 4 nitrogen and oxygen atoms in total. The quantitative estimate of drug-likeness (QED) is 0.827. The SMILES string of the molecule is CC1(C)Nc2c(Br)cccc2C(N2CCCC2=O)C1O. The topological polar surface area (TPSA) is 52.6 Å². The van der Waals surface area contributed by atoms with Crippen molar-refractivity contribution in [2.75, 3.05) is 11.9 Å². The number of anilines is 1. The van der Waals surface area contributed by atoms with Gasteiger partial charge in [0.1, 0.15) is 6.10 Å². The normalized spacial score (nSPS) is 28.2. The molecule has 1 aromatic rings. The van der Waals surface area contributed by atoms with Crippen LogP contribution < -0.4 is 5.32 Å². The van der Waals surface area contributed by atoms with Gasteiger partial charge in [-0.15, -0.1) is 0 Å².